The number of anilines is 1. The lowest BCUT2D eigenvalue weighted by Crippen LogP contribution is -2.08. The number of rotatable bonds is 3. The van der Waals surface area contributed by atoms with Crippen molar-refractivity contribution in [3.63, 3.8) is 0 Å². The molecule has 0 saturated carbocycles. The molecule has 0 saturated heterocycles. The second-order valence-electron chi connectivity index (χ2n) is 4.85. The van der Waals surface area contributed by atoms with Crippen molar-refractivity contribution in [2.24, 2.45) is 0 Å². The van der Waals surface area contributed by atoms with E-state index in [-0.39, 0.29) is 6.04 Å². The summed E-state index contributed by atoms with van der Waals surface area (Å²) in [6.07, 6.45) is 5.13. The third-order valence-electron chi connectivity index (χ3n) is 3.34. The Morgan fingerprint density at radius 2 is 2.10 bits per heavy atom. The average molecular weight is 284 g/mol. The molecular weight excluding hydrogens is 268 g/mol. The number of pyridine rings is 1. The molecule has 5 heteroatoms. The Morgan fingerprint density at radius 3 is 2.85 bits per heavy atom. The minimum absolute atomic E-state index is 0.207. The van der Waals surface area contributed by atoms with Gasteiger partial charge in [-0.3, -0.25) is 4.98 Å². The second-order valence-corrected chi connectivity index (χ2v) is 6.31. The molecule has 0 aliphatic carbocycles. The smallest absolute Gasteiger partial charge is 0.139 e. The van der Waals surface area contributed by atoms with Crippen molar-refractivity contribution >= 4 is 28.1 Å². The van der Waals surface area contributed by atoms with Crippen LogP contribution in [0, 0.1) is 13.8 Å². The highest BCUT2D eigenvalue weighted by molar-refractivity contribution is 7.12. The summed E-state index contributed by atoms with van der Waals surface area (Å²) in [4.78, 5) is 15.4. The van der Waals surface area contributed by atoms with Gasteiger partial charge in [0.1, 0.15) is 12.1 Å². The fourth-order valence-electron chi connectivity index (χ4n) is 2.38. The number of fused-ring (bicyclic) bond motifs is 1. The van der Waals surface area contributed by atoms with Gasteiger partial charge in [-0.15, -0.1) is 11.3 Å². The molecule has 0 aromatic carbocycles. The number of aromatic nitrogens is 3. The Bertz CT molecular complexity index is 745. The number of hydrogen-bond acceptors (Lipinski definition) is 5. The Labute approximate surface area is 121 Å². The third-order valence-corrected chi connectivity index (χ3v) is 4.32. The molecule has 1 unspecified atom stereocenters. The maximum atomic E-state index is 4.35. The molecule has 3 heterocycles. The zero-order valence-corrected chi connectivity index (χ0v) is 12.5. The summed E-state index contributed by atoms with van der Waals surface area (Å²) in [5.74, 6) is 0.832. The summed E-state index contributed by atoms with van der Waals surface area (Å²) < 4.78 is 0. The van der Waals surface area contributed by atoms with Crippen LogP contribution in [0.5, 0.6) is 0 Å². The molecule has 0 aliphatic heterocycles. The van der Waals surface area contributed by atoms with Crippen LogP contribution in [-0.4, -0.2) is 15.0 Å². The van der Waals surface area contributed by atoms with E-state index in [1.165, 1.54) is 15.3 Å². The molecule has 1 N–H and O–H groups in total. The first-order valence-corrected chi connectivity index (χ1v) is 7.35. The van der Waals surface area contributed by atoms with Crippen molar-refractivity contribution in [3.8, 4) is 0 Å². The van der Waals surface area contributed by atoms with Crippen LogP contribution in [0.4, 0.5) is 5.82 Å². The zero-order chi connectivity index (χ0) is 14.1. The van der Waals surface area contributed by atoms with Gasteiger partial charge in [-0.1, -0.05) is 0 Å². The Hall–Kier alpha value is -2.01. The van der Waals surface area contributed by atoms with E-state index in [9.17, 15) is 0 Å². The topological polar surface area (TPSA) is 50.7 Å². The van der Waals surface area contributed by atoms with Gasteiger partial charge in [-0.25, -0.2) is 9.97 Å². The maximum absolute atomic E-state index is 4.35. The molecule has 0 amide bonds. The average Bonchev–Trinajstić information content (AvgIpc) is 2.78. The summed E-state index contributed by atoms with van der Waals surface area (Å²) in [6.45, 7) is 6.45. The Kier molecular flexibility index (Phi) is 3.36. The summed E-state index contributed by atoms with van der Waals surface area (Å²) >= 11 is 1.83. The quantitative estimate of drug-likeness (QED) is 0.793. The summed E-state index contributed by atoms with van der Waals surface area (Å²) in [5, 5.41) is 4.42. The normalized spacial score (nSPS) is 12.6. The van der Waals surface area contributed by atoms with Crippen molar-refractivity contribution in [2.45, 2.75) is 26.8 Å². The van der Waals surface area contributed by atoms with E-state index in [0.29, 0.717) is 0 Å². The predicted octanol–water partition coefficient (Wildman–Crippen LogP) is 3.88. The van der Waals surface area contributed by atoms with Crippen LogP contribution in [0.1, 0.15) is 28.3 Å². The molecule has 0 fully saturated rings. The van der Waals surface area contributed by atoms with Crippen LogP contribution in [-0.2, 0) is 0 Å². The molecule has 0 spiro atoms. The lowest BCUT2D eigenvalue weighted by atomic mass is 10.1. The van der Waals surface area contributed by atoms with Gasteiger partial charge in [0.25, 0.3) is 0 Å². The van der Waals surface area contributed by atoms with Gasteiger partial charge in [-0.05, 0) is 38.5 Å². The van der Waals surface area contributed by atoms with Gasteiger partial charge >= 0.3 is 0 Å². The minimum Gasteiger partial charge on any atom is -0.363 e. The number of nitrogens with one attached hydrogen (secondary N) is 1. The number of hydrogen-bond donors (Lipinski definition) is 1. The Morgan fingerprint density at radius 1 is 1.25 bits per heavy atom. The minimum atomic E-state index is 0.207. The molecule has 20 heavy (non-hydrogen) atoms. The molecule has 102 valence electrons. The van der Waals surface area contributed by atoms with Gasteiger partial charge in [0.2, 0.25) is 0 Å². The first-order valence-electron chi connectivity index (χ1n) is 6.53. The van der Waals surface area contributed by atoms with Crippen molar-refractivity contribution in [2.75, 3.05) is 5.32 Å². The largest absolute Gasteiger partial charge is 0.363 e. The zero-order valence-electron chi connectivity index (χ0n) is 11.7. The van der Waals surface area contributed by atoms with Crippen LogP contribution in [0.15, 0.2) is 30.9 Å². The molecule has 0 bridgehead atoms. The van der Waals surface area contributed by atoms with Crippen LogP contribution in [0.3, 0.4) is 0 Å². The lowest BCUT2D eigenvalue weighted by Gasteiger charge is -2.15. The predicted molar refractivity (Wildman–Crippen MR) is 83.2 cm³/mol. The SMILES string of the molecule is Cc1cc(C(C)Nc2ncnc3ccncc23)c(C)s1. The molecule has 3 aromatic rings. The van der Waals surface area contributed by atoms with Crippen molar-refractivity contribution in [1.29, 1.82) is 0 Å². The standard InChI is InChI=1S/C15H16N4S/c1-9-6-12(11(3)20-9)10(2)19-15-13-7-16-5-4-14(13)17-8-18-15/h4-8,10H,1-3H3,(H,17,18,19). The molecule has 3 aromatic heterocycles. The van der Waals surface area contributed by atoms with Crippen molar-refractivity contribution < 1.29 is 0 Å². The van der Waals surface area contributed by atoms with Crippen molar-refractivity contribution in [1.82, 2.24) is 15.0 Å². The second kappa shape index (κ2) is 5.17. The molecule has 4 nitrogen and oxygen atoms in total. The first kappa shape index (κ1) is 13.0. The van der Waals surface area contributed by atoms with E-state index < -0.39 is 0 Å². The maximum Gasteiger partial charge on any atom is 0.139 e. The van der Waals surface area contributed by atoms with E-state index in [1.54, 1.807) is 18.7 Å². The molecular formula is C15H16N4S. The van der Waals surface area contributed by atoms with Gasteiger partial charge in [0, 0.05) is 22.1 Å². The molecule has 0 aliphatic rings. The summed E-state index contributed by atoms with van der Waals surface area (Å²) in [5.41, 5.74) is 2.23. The monoisotopic (exact) mass is 284 g/mol. The fourth-order valence-corrected chi connectivity index (χ4v) is 3.40. The highest BCUT2D eigenvalue weighted by Crippen LogP contribution is 2.29. The van der Waals surface area contributed by atoms with E-state index in [4.69, 9.17) is 0 Å². The number of aryl methyl sites for hydroxylation is 2. The summed E-state index contributed by atoms with van der Waals surface area (Å²) in [7, 11) is 0. The van der Waals surface area contributed by atoms with Crippen LogP contribution in [0.2, 0.25) is 0 Å². The van der Waals surface area contributed by atoms with E-state index in [0.717, 1.165) is 16.7 Å². The van der Waals surface area contributed by atoms with E-state index in [1.807, 2.05) is 17.4 Å². The van der Waals surface area contributed by atoms with Crippen LogP contribution >= 0.6 is 11.3 Å². The summed E-state index contributed by atoms with van der Waals surface area (Å²) in [6, 6.07) is 4.34. The third kappa shape index (κ3) is 2.36. The van der Waals surface area contributed by atoms with Crippen LogP contribution in [0.25, 0.3) is 10.9 Å². The number of thiophene rings is 1. The van der Waals surface area contributed by atoms with Gasteiger partial charge < -0.3 is 5.32 Å². The highest BCUT2D eigenvalue weighted by atomic mass is 32.1. The van der Waals surface area contributed by atoms with Gasteiger partial charge in [0.05, 0.1) is 16.9 Å². The fraction of sp³-hybridized carbons (Fsp3) is 0.267. The molecule has 3 rings (SSSR count). The van der Waals surface area contributed by atoms with E-state index >= 15 is 0 Å². The number of nitrogens with zero attached hydrogens (tertiary/aromatic N) is 3. The Balaban J connectivity index is 1.95. The molecule has 1 atom stereocenters. The first-order chi connectivity index (χ1) is 9.65. The van der Waals surface area contributed by atoms with Gasteiger partial charge in [-0.2, -0.15) is 0 Å². The van der Waals surface area contributed by atoms with Gasteiger partial charge in [0.15, 0.2) is 0 Å². The highest BCUT2D eigenvalue weighted by Gasteiger charge is 2.13. The molecule has 0 radical (unpaired) electrons. The van der Waals surface area contributed by atoms with E-state index in [2.05, 4.69) is 47.1 Å². The lowest BCUT2D eigenvalue weighted by molar-refractivity contribution is 0.873. The van der Waals surface area contributed by atoms with Crippen LogP contribution < -0.4 is 5.32 Å². The van der Waals surface area contributed by atoms with Crippen molar-refractivity contribution in [3.05, 3.63) is 46.2 Å².